The Morgan fingerprint density at radius 2 is 1.61 bits per heavy atom. The molecule has 33 heavy (non-hydrogen) atoms. The van der Waals surface area contributed by atoms with Gasteiger partial charge in [0.25, 0.3) is 10.0 Å². The fourth-order valence-electron chi connectivity index (χ4n) is 3.54. The van der Waals surface area contributed by atoms with Crippen LogP contribution in [0.2, 0.25) is 0 Å². The number of hydrogen-bond acceptors (Lipinski definition) is 6. The van der Waals surface area contributed by atoms with E-state index in [1.807, 2.05) is 32.0 Å². The molecule has 0 spiro atoms. The number of sulfonamides is 1. The maximum Gasteiger partial charge on any atom is 0.282 e. The molecule has 1 aliphatic rings. The molecule has 3 aromatic rings. The number of carboxylic acid groups (broad SMARTS) is 1. The van der Waals surface area contributed by atoms with E-state index in [9.17, 15) is 23.1 Å². The molecule has 1 aliphatic carbocycles. The first-order valence-corrected chi connectivity index (χ1v) is 11.5. The molecule has 0 heterocycles. The van der Waals surface area contributed by atoms with Crippen molar-refractivity contribution in [3.63, 3.8) is 0 Å². The van der Waals surface area contributed by atoms with Crippen LogP contribution < -0.4 is 10.4 Å². The van der Waals surface area contributed by atoms with Crippen molar-refractivity contribution in [3.8, 4) is 0 Å². The first-order chi connectivity index (χ1) is 15.7. The lowest BCUT2D eigenvalue weighted by atomic mass is 9.92. The number of carboxylic acids is 1. The second-order valence-electron chi connectivity index (χ2n) is 7.64. The Balaban J connectivity index is 1.79. The molecule has 3 aromatic carbocycles. The first kappa shape index (κ1) is 22.2. The van der Waals surface area contributed by atoms with Crippen molar-refractivity contribution in [2.75, 3.05) is 5.32 Å². The molecule has 0 aromatic heterocycles. The number of fused-ring (bicyclic) bond motifs is 1. The molecular formula is C25H19N2O5S-. The quantitative estimate of drug-likeness (QED) is 0.627. The number of nitrogens with one attached hydrogen (secondary N) is 1. The number of allylic oxidation sites excluding steroid dienone is 2. The molecule has 1 N–H and O–H groups in total. The predicted molar refractivity (Wildman–Crippen MR) is 123 cm³/mol. The van der Waals surface area contributed by atoms with Crippen LogP contribution in [0.3, 0.4) is 0 Å². The minimum absolute atomic E-state index is 0.0986. The Kier molecular flexibility index (Phi) is 5.69. The van der Waals surface area contributed by atoms with Gasteiger partial charge in [0, 0.05) is 16.8 Å². The van der Waals surface area contributed by atoms with Gasteiger partial charge < -0.3 is 15.2 Å². The Labute approximate surface area is 191 Å². The molecule has 4 rings (SSSR count). The molecule has 0 aliphatic heterocycles. The number of benzene rings is 3. The average molecular weight is 460 g/mol. The average Bonchev–Trinajstić information content (AvgIpc) is 2.78. The highest BCUT2D eigenvalue weighted by Crippen LogP contribution is 2.26. The van der Waals surface area contributed by atoms with Crippen LogP contribution in [0.5, 0.6) is 0 Å². The Morgan fingerprint density at radius 1 is 0.939 bits per heavy atom. The molecular weight excluding hydrogens is 440 g/mol. The van der Waals surface area contributed by atoms with E-state index >= 15 is 0 Å². The summed E-state index contributed by atoms with van der Waals surface area (Å²) in [6, 6.07) is 17.0. The summed E-state index contributed by atoms with van der Waals surface area (Å²) in [6.45, 7) is 3.88. The van der Waals surface area contributed by atoms with Crippen LogP contribution in [0.4, 0.5) is 5.69 Å². The van der Waals surface area contributed by atoms with E-state index in [2.05, 4.69) is 9.71 Å². The lowest BCUT2D eigenvalue weighted by Gasteiger charge is -2.19. The van der Waals surface area contributed by atoms with Gasteiger partial charge in [0.15, 0.2) is 0 Å². The molecule has 0 fully saturated rings. The zero-order chi connectivity index (χ0) is 23.8. The summed E-state index contributed by atoms with van der Waals surface area (Å²) in [7, 11) is -4.18. The zero-order valence-electron chi connectivity index (χ0n) is 17.8. The van der Waals surface area contributed by atoms with Gasteiger partial charge in [-0.05, 0) is 49.2 Å². The number of rotatable bonds is 5. The SMILES string of the molecule is Cc1ccc(NC2=CC(=NS(=O)(=O)c3ccc(C(=O)[O-])cc3)c3ccccc3C2=O)c(C)c1. The zero-order valence-corrected chi connectivity index (χ0v) is 18.6. The van der Waals surface area contributed by atoms with Crippen LogP contribution in [0.1, 0.15) is 37.4 Å². The molecule has 0 saturated carbocycles. The van der Waals surface area contributed by atoms with Crippen LogP contribution >= 0.6 is 0 Å². The first-order valence-electron chi connectivity index (χ1n) is 10.0. The van der Waals surface area contributed by atoms with Gasteiger partial charge in [0.2, 0.25) is 5.78 Å². The van der Waals surface area contributed by atoms with Crippen molar-refractivity contribution < 1.29 is 23.1 Å². The second kappa shape index (κ2) is 8.48. The number of ketones is 1. The van der Waals surface area contributed by atoms with Crippen molar-refractivity contribution in [1.82, 2.24) is 0 Å². The van der Waals surface area contributed by atoms with Crippen molar-refractivity contribution in [1.29, 1.82) is 0 Å². The van der Waals surface area contributed by atoms with Crippen LogP contribution in [-0.2, 0) is 10.0 Å². The molecule has 8 heteroatoms. The van der Waals surface area contributed by atoms with Gasteiger partial charge >= 0.3 is 0 Å². The summed E-state index contributed by atoms with van der Waals surface area (Å²) in [6.07, 6.45) is 1.41. The highest BCUT2D eigenvalue weighted by molar-refractivity contribution is 7.90. The predicted octanol–water partition coefficient (Wildman–Crippen LogP) is 3.04. The van der Waals surface area contributed by atoms with Gasteiger partial charge in [0.05, 0.1) is 22.3 Å². The Morgan fingerprint density at radius 3 is 2.24 bits per heavy atom. The maximum atomic E-state index is 13.1. The third kappa shape index (κ3) is 4.47. The lowest BCUT2D eigenvalue weighted by molar-refractivity contribution is -0.255. The smallest absolute Gasteiger partial charge is 0.282 e. The standard InChI is InChI=1S/C25H20N2O5S/c1-15-7-12-21(16(2)13-15)26-23-14-22(19-5-3-4-6-20(19)24(23)28)27-33(31,32)18-10-8-17(9-11-18)25(29)30/h3-14,26H,1-2H3,(H,29,30)/p-1. The molecule has 0 amide bonds. The summed E-state index contributed by atoms with van der Waals surface area (Å²) < 4.78 is 29.9. The fourth-order valence-corrected chi connectivity index (χ4v) is 4.54. The summed E-state index contributed by atoms with van der Waals surface area (Å²) in [5, 5.41) is 14.0. The summed E-state index contributed by atoms with van der Waals surface area (Å²) >= 11 is 0. The Bertz CT molecular complexity index is 1450. The number of Topliss-reactive ketones (excluding diaryl/α,β-unsaturated/α-hetero) is 1. The number of carbonyl (C=O) groups excluding carboxylic acids is 2. The number of nitrogens with zero attached hydrogens (tertiary/aromatic N) is 1. The van der Waals surface area contributed by atoms with Gasteiger partial charge in [-0.15, -0.1) is 0 Å². The van der Waals surface area contributed by atoms with Crippen molar-refractivity contribution in [3.05, 3.63) is 106 Å². The number of anilines is 1. The monoisotopic (exact) mass is 459 g/mol. The third-order valence-corrected chi connectivity index (χ3v) is 6.54. The number of aromatic carboxylic acids is 1. The van der Waals surface area contributed by atoms with E-state index in [1.165, 1.54) is 6.08 Å². The highest BCUT2D eigenvalue weighted by Gasteiger charge is 2.26. The number of carbonyl (C=O) groups is 2. The topological polar surface area (TPSA) is 116 Å². The van der Waals surface area contributed by atoms with Crippen LogP contribution in [-0.4, -0.2) is 25.9 Å². The molecule has 166 valence electrons. The third-order valence-electron chi connectivity index (χ3n) is 5.23. The van der Waals surface area contributed by atoms with E-state index in [1.54, 1.807) is 24.3 Å². The van der Waals surface area contributed by atoms with Crippen molar-refractivity contribution >= 4 is 33.2 Å². The van der Waals surface area contributed by atoms with Gasteiger partial charge in [0.1, 0.15) is 0 Å². The lowest BCUT2D eigenvalue weighted by Crippen LogP contribution is -2.23. The van der Waals surface area contributed by atoms with Gasteiger partial charge in [-0.25, -0.2) is 0 Å². The van der Waals surface area contributed by atoms with Gasteiger partial charge in [-0.2, -0.15) is 12.8 Å². The maximum absolute atomic E-state index is 13.1. The molecule has 0 bridgehead atoms. The van der Waals surface area contributed by atoms with E-state index in [0.29, 0.717) is 11.1 Å². The second-order valence-corrected chi connectivity index (χ2v) is 9.24. The fraction of sp³-hybridized carbons (Fsp3) is 0.0800. The van der Waals surface area contributed by atoms with E-state index in [4.69, 9.17) is 0 Å². The summed E-state index contributed by atoms with van der Waals surface area (Å²) in [4.78, 5) is 23.9. The molecule has 0 unspecified atom stereocenters. The Hall–Kier alpha value is -4.04. The highest BCUT2D eigenvalue weighted by atomic mass is 32.2. The van der Waals surface area contributed by atoms with E-state index in [-0.39, 0.29) is 27.7 Å². The molecule has 0 saturated heterocycles. The van der Waals surface area contributed by atoms with Crippen LogP contribution in [0.15, 0.2) is 87.8 Å². The van der Waals surface area contributed by atoms with E-state index < -0.39 is 16.0 Å². The van der Waals surface area contributed by atoms with Crippen molar-refractivity contribution in [2.24, 2.45) is 4.40 Å². The van der Waals surface area contributed by atoms with Crippen LogP contribution in [0.25, 0.3) is 0 Å². The van der Waals surface area contributed by atoms with E-state index in [0.717, 1.165) is 41.1 Å². The molecule has 7 nitrogen and oxygen atoms in total. The van der Waals surface area contributed by atoms with Crippen molar-refractivity contribution in [2.45, 2.75) is 18.7 Å². The normalized spacial score (nSPS) is 14.5. The number of aryl methyl sites for hydroxylation is 2. The summed E-state index contributed by atoms with van der Waals surface area (Å²) in [5.74, 6) is -1.68. The molecule has 0 atom stereocenters. The minimum atomic E-state index is -4.18. The minimum Gasteiger partial charge on any atom is -0.545 e. The number of hydrogen-bond donors (Lipinski definition) is 1. The summed E-state index contributed by atoms with van der Waals surface area (Å²) in [5.41, 5.74) is 3.60. The molecule has 0 radical (unpaired) electrons. The van der Waals surface area contributed by atoms with Crippen LogP contribution in [0, 0.1) is 13.8 Å². The van der Waals surface area contributed by atoms with Gasteiger partial charge in [-0.1, -0.05) is 54.1 Å². The largest absolute Gasteiger partial charge is 0.545 e. The van der Waals surface area contributed by atoms with Gasteiger partial charge in [-0.3, -0.25) is 4.79 Å².